The number of hydrazone groups is 1. The molecule has 5 nitrogen and oxygen atoms in total. The molecule has 0 aromatic rings. The zero-order chi connectivity index (χ0) is 14.1. The molecule has 2 atom stereocenters. The highest BCUT2D eigenvalue weighted by Crippen LogP contribution is 2.27. The molecule has 0 aliphatic carbocycles. The molecule has 0 N–H and O–H groups in total. The van der Waals surface area contributed by atoms with Crippen LogP contribution in [0, 0.1) is 0 Å². The maximum absolute atomic E-state index is 5.44. The van der Waals surface area contributed by atoms with Crippen LogP contribution in [0.25, 0.3) is 0 Å². The monoisotopic (exact) mass is 386 g/mol. The van der Waals surface area contributed by atoms with E-state index in [1.165, 1.54) is 0 Å². The van der Waals surface area contributed by atoms with E-state index in [1.807, 2.05) is 6.21 Å². The fourth-order valence-corrected chi connectivity index (χ4v) is 3.16. The van der Waals surface area contributed by atoms with E-state index in [2.05, 4.69) is 63.6 Å². The van der Waals surface area contributed by atoms with Crippen molar-refractivity contribution in [1.82, 2.24) is 9.91 Å². The Bertz CT molecular complexity index is 503. The maximum atomic E-state index is 5.44. The van der Waals surface area contributed by atoms with Crippen molar-refractivity contribution in [2.45, 2.75) is 23.8 Å². The van der Waals surface area contributed by atoms with Crippen LogP contribution < -0.4 is 0 Å². The Morgan fingerprint density at radius 1 is 1.40 bits per heavy atom. The van der Waals surface area contributed by atoms with Gasteiger partial charge in [-0.1, -0.05) is 29.5 Å². The van der Waals surface area contributed by atoms with Crippen LogP contribution in [0.2, 0.25) is 0 Å². The van der Waals surface area contributed by atoms with Crippen LogP contribution in [0.3, 0.4) is 0 Å². The third kappa shape index (κ3) is 2.63. The van der Waals surface area contributed by atoms with Crippen LogP contribution in [0.4, 0.5) is 0 Å². The van der Waals surface area contributed by atoms with Gasteiger partial charge in [-0.2, -0.15) is 5.10 Å². The quantitative estimate of drug-likeness (QED) is 0.539. The summed E-state index contributed by atoms with van der Waals surface area (Å²) >= 11 is 2.45. The number of ether oxygens (including phenoxy) is 1. The standard InChI is InChI=1S/C14H19IN4O/c1-10-9-13(11(2)15)19-14(17-10)12(3-4-16-19)18-5-7-20-8-6-18/h3-4,9,11,13H,5-8H2,1-2H3. The van der Waals surface area contributed by atoms with Crippen molar-refractivity contribution in [3.63, 3.8) is 0 Å². The van der Waals surface area contributed by atoms with Crippen LogP contribution >= 0.6 is 22.6 Å². The third-order valence-electron chi connectivity index (χ3n) is 3.67. The molecule has 0 saturated carbocycles. The summed E-state index contributed by atoms with van der Waals surface area (Å²) in [6.07, 6.45) is 6.14. The predicted molar refractivity (Wildman–Crippen MR) is 89.3 cm³/mol. The Kier molecular flexibility index (Phi) is 4.11. The van der Waals surface area contributed by atoms with Crippen molar-refractivity contribution < 1.29 is 4.74 Å². The number of hydrogen-bond acceptors (Lipinski definition) is 5. The fourth-order valence-electron chi connectivity index (χ4n) is 2.65. The first kappa shape index (κ1) is 14.1. The highest BCUT2D eigenvalue weighted by atomic mass is 127. The van der Waals surface area contributed by atoms with Gasteiger partial charge < -0.3 is 9.64 Å². The molecule has 0 amide bonds. The second-order valence-electron chi connectivity index (χ2n) is 5.17. The molecule has 1 fully saturated rings. The molecule has 3 heterocycles. The molecule has 20 heavy (non-hydrogen) atoms. The number of halogens is 1. The normalized spacial score (nSPS) is 27.6. The summed E-state index contributed by atoms with van der Waals surface area (Å²) in [6, 6.07) is 0.268. The van der Waals surface area contributed by atoms with E-state index in [1.54, 1.807) is 0 Å². The van der Waals surface area contributed by atoms with Crippen molar-refractivity contribution in [3.8, 4) is 0 Å². The fraction of sp³-hybridized carbons (Fsp3) is 0.571. The molecular weight excluding hydrogens is 367 g/mol. The summed E-state index contributed by atoms with van der Waals surface area (Å²) in [5.41, 5.74) is 2.24. The lowest BCUT2D eigenvalue weighted by atomic mass is 10.1. The Labute approximate surface area is 133 Å². The largest absolute Gasteiger partial charge is 0.378 e. The third-order valence-corrected chi connectivity index (χ3v) is 4.41. The van der Waals surface area contributed by atoms with E-state index in [9.17, 15) is 0 Å². The minimum atomic E-state index is 0.268. The van der Waals surface area contributed by atoms with E-state index in [0.717, 1.165) is 43.5 Å². The highest BCUT2D eigenvalue weighted by Gasteiger charge is 2.33. The van der Waals surface area contributed by atoms with Crippen molar-refractivity contribution in [2.24, 2.45) is 10.1 Å². The second-order valence-corrected chi connectivity index (χ2v) is 7.14. The Morgan fingerprint density at radius 3 is 2.85 bits per heavy atom. The Morgan fingerprint density at radius 2 is 2.15 bits per heavy atom. The van der Waals surface area contributed by atoms with Gasteiger partial charge in [0.25, 0.3) is 0 Å². The van der Waals surface area contributed by atoms with Gasteiger partial charge in [-0.25, -0.2) is 10.0 Å². The first-order valence-corrected chi connectivity index (χ1v) is 8.19. The SMILES string of the molecule is CC1=CC(C(C)I)N2N=CC=C(N3CCOCC3)C2=N1. The lowest BCUT2D eigenvalue weighted by Crippen LogP contribution is -2.48. The topological polar surface area (TPSA) is 40.4 Å². The van der Waals surface area contributed by atoms with E-state index < -0.39 is 0 Å². The van der Waals surface area contributed by atoms with E-state index in [-0.39, 0.29) is 6.04 Å². The molecule has 3 aliphatic heterocycles. The molecule has 108 valence electrons. The van der Waals surface area contributed by atoms with Gasteiger partial charge >= 0.3 is 0 Å². The van der Waals surface area contributed by atoms with Gasteiger partial charge in [0.2, 0.25) is 0 Å². The molecule has 0 spiro atoms. The van der Waals surface area contributed by atoms with Crippen molar-refractivity contribution >= 4 is 34.6 Å². The number of alkyl halides is 1. The van der Waals surface area contributed by atoms with Gasteiger partial charge in [0.1, 0.15) is 0 Å². The average molecular weight is 386 g/mol. The highest BCUT2D eigenvalue weighted by molar-refractivity contribution is 14.1. The van der Waals surface area contributed by atoms with E-state index in [4.69, 9.17) is 9.73 Å². The van der Waals surface area contributed by atoms with Gasteiger partial charge in [0.05, 0.1) is 25.0 Å². The number of morpholine rings is 1. The van der Waals surface area contributed by atoms with Gasteiger partial charge in [-0.3, -0.25) is 0 Å². The van der Waals surface area contributed by atoms with Crippen molar-refractivity contribution in [1.29, 1.82) is 0 Å². The molecule has 3 aliphatic rings. The zero-order valence-electron chi connectivity index (χ0n) is 11.8. The van der Waals surface area contributed by atoms with E-state index in [0.29, 0.717) is 3.92 Å². The number of nitrogens with zero attached hydrogens (tertiary/aromatic N) is 4. The predicted octanol–water partition coefficient (Wildman–Crippen LogP) is 2.01. The molecule has 2 unspecified atom stereocenters. The Hall–Kier alpha value is -0.890. The van der Waals surface area contributed by atoms with Gasteiger partial charge in [-0.05, 0) is 19.1 Å². The first-order valence-electron chi connectivity index (χ1n) is 6.94. The average Bonchev–Trinajstić information content (AvgIpc) is 2.46. The molecule has 0 radical (unpaired) electrons. The molecule has 6 heteroatoms. The number of aliphatic imine (C=N–C) groups is 1. The number of allylic oxidation sites excluding steroid dienone is 2. The molecule has 0 aromatic carbocycles. The van der Waals surface area contributed by atoms with Gasteiger partial charge in [0.15, 0.2) is 5.84 Å². The lowest BCUT2D eigenvalue weighted by Gasteiger charge is -2.39. The number of fused-ring (bicyclic) bond motifs is 1. The minimum absolute atomic E-state index is 0.268. The molecular formula is C14H19IN4O. The number of amidine groups is 1. The van der Waals surface area contributed by atoms with Crippen LogP contribution in [-0.2, 0) is 4.74 Å². The molecule has 0 aromatic heterocycles. The summed E-state index contributed by atoms with van der Waals surface area (Å²) in [4.78, 5) is 7.07. The summed E-state index contributed by atoms with van der Waals surface area (Å²) < 4.78 is 5.91. The maximum Gasteiger partial charge on any atom is 0.173 e. The van der Waals surface area contributed by atoms with Crippen LogP contribution in [0.15, 0.2) is 33.6 Å². The minimum Gasteiger partial charge on any atom is -0.378 e. The zero-order valence-corrected chi connectivity index (χ0v) is 13.9. The summed E-state index contributed by atoms with van der Waals surface area (Å²) in [5.74, 6) is 0.975. The summed E-state index contributed by atoms with van der Waals surface area (Å²) in [7, 11) is 0. The summed E-state index contributed by atoms with van der Waals surface area (Å²) in [5, 5.41) is 6.58. The van der Waals surface area contributed by atoms with Crippen LogP contribution in [-0.4, -0.2) is 58.2 Å². The lowest BCUT2D eigenvalue weighted by molar-refractivity contribution is 0.0555. The Balaban J connectivity index is 1.92. The number of rotatable bonds is 2. The number of hydrogen-bond donors (Lipinski definition) is 0. The smallest absolute Gasteiger partial charge is 0.173 e. The summed E-state index contributed by atoms with van der Waals surface area (Å²) in [6.45, 7) is 7.66. The van der Waals surface area contributed by atoms with E-state index >= 15 is 0 Å². The van der Waals surface area contributed by atoms with Crippen molar-refractivity contribution in [2.75, 3.05) is 26.3 Å². The molecule has 0 bridgehead atoms. The first-order chi connectivity index (χ1) is 9.66. The van der Waals surface area contributed by atoms with Gasteiger partial charge in [-0.15, -0.1) is 0 Å². The second kappa shape index (κ2) is 5.85. The molecule has 1 saturated heterocycles. The molecule has 3 rings (SSSR count). The van der Waals surface area contributed by atoms with Crippen LogP contribution in [0.5, 0.6) is 0 Å². The van der Waals surface area contributed by atoms with Gasteiger partial charge in [0, 0.05) is 28.9 Å². The van der Waals surface area contributed by atoms with Crippen molar-refractivity contribution in [3.05, 3.63) is 23.5 Å². The van der Waals surface area contributed by atoms with Crippen LogP contribution in [0.1, 0.15) is 13.8 Å².